The number of nitrogens with one attached hydrogen (secondary N) is 1. The van der Waals surface area contributed by atoms with Crippen molar-refractivity contribution in [1.82, 2.24) is 4.57 Å². The third-order valence-electron chi connectivity index (χ3n) is 5.58. The zero-order valence-corrected chi connectivity index (χ0v) is 14.5. The molecular formula is C20H26N3O+. The summed E-state index contributed by atoms with van der Waals surface area (Å²) < 4.78 is 2.02. The molecule has 24 heavy (non-hydrogen) atoms. The van der Waals surface area contributed by atoms with Gasteiger partial charge in [-0.05, 0) is 24.6 Å². The number of rotatable bonds is 3. The average molecular weight is 324 g/mol. The maximum atomic E-state index is 12.1. The van der Waals surface area contributed by atoms with Crippen molar-refractivity contribution in [3.05, 3.63) is 64.1 Å². The minimum atomic E-state index is 0.171. The predicted molar refractivity (Wildman–Crippen MR) is 96.7 cm³/mol. The summed E-state index contributed by atoms with van der Waals surface area (Å²) in [6, 6.07) is 14.7. The second-order valence-corrected chi connectivity index (χ2v) is 7.59. The van der Waals surface area contributed by atoms with Crippen molar-refractivity contribution in [3.8, 4) is 0 Å². The highest BCUT2D eigenvalue weighted by molar-refractivity contribution is 5.45. The molecule has 4 heteroatoms. The normalized spacial score (nSPS) is 25.2. The molecule has 0 saturated carbocycles. The van der Waals surface area contributed by atoms with Crippen molar-refractivity contribution in [2.75, 3.05) is 32.1 Å². The van der Waals surface area contributed by atoms with Gasteiger partial charge in [0.15, 0.2) is 0 Å². The molecule has 0 radical (unpaired) electrons. The van der Waals surface area contributed by atoms with E-state index in [4.69, 9.17) is 0 Å². The van der Waals surface area contributed by atoms with Crippen LogP contribution in [-0.2, 0) is 13.1 Å². The van der Waals surface area contributed by atoms with Crippen LogP contribution in [0.3, 0.4) is 0 Å². The number of likely N-dealkylation sites (tertiary alicyclic amines) is 1. The van der Waals surface area contributed by atoms with Crippen molar-refractivity contribution in [1.29, 1.82) is 0 Å². The number of hydrogen-bond donors (Lipinski definition) is 1. The van der Waals surface area contributed by atoms with E-state index in [-0.39, 0.29) is 5.56 Å². The summed E-state index contributed by atoms with van der Waals surface area (Å²) >= 11 is 0. The Hall–Kier alpha value is -2.07. The van der Waals surface area contributed by atoms with Gasteiger partial charge in [0.2, 0.25) is 0 Å². The largest absolute Gasteiger partial charge is 0.378 e. The summed E-state index contributed by atoms with van der Waals surface area (Å²) in [7, 11) is 4.15. The van der Waals surface area contributed by atoms with E-state index in [9.17, 15) is 4.79 Å². The molecule has 2 aliphatic heterocycles. The lowest BCUT2D eigenvalue weighted by atomic mass is 9.83. The average Bonchev–Trinajstić information content (AvgIpc) is 2.56. The number of benzene rings is 1. The number of quaternary nitrogens is 1. The first-order valence-electron chi connectivity index (χ1n) is 8.90. The number of aromatic nitrogens is 1. The summed E-state index contributed by atoms with van der Waals surface area (Å²) in [6.45, 7) is 4.29. The van der Waals surface area contributed by atoms with Crippen LogP contribution in [0.15, 0.2) is 47.3 Å². The SMILES string of the molecule is CN(C)c1ccc(C[NH+]2C[C@H]3C[C@@H](C2)c2cccc(=O)n2C3)cc1. The summed E-state index contributed by atoms with van der Waals surface area (Å²) in [5.41, 5.74) is 4.07. The summed E-state index contributed by atoms with van der Waals surface area (Å²) in [6.07, 6.45) is 1.24. The van der Waals surface area contributed by atoms with Crippen molar-refractivity contribution < 1.29 is 4.90 Å². The Kier molecular flexibility index (Phi) is 3.93. The molecule has 0 aliphatic carbocycles. The van der Waals surface area contributed by atoms with Gasteiger partial charge < -0.3 is 14.4 Å². The summed E-state index contributed by atoms with van der Waals surface area (Å²) in [5, 5.41) is 0. The van der Waals surface area contributed by atoms with E-state index in [0.717, 1.165) is 19.6 Å². The third-order valence-corrected chi connectivity index (χ3v) is 5.58. The molecule has 1 aromatic carbocycles. The third kappa shape index (κ3) is 2.86. The fraction of sp³-hybridized carbons (Fsp3) is 0.450. The number of hydrogen-bond acceptors (Lipinski definition) is 2. The van der Waals surface area contributed by atoms with E-state index in [1.54, 1.807) is 11.0 Å². The Morgan fingerprint density at radius 2 is 1.92 bits per heavy atom. The van der Waals surface area contributed by atoms with Gasteiger partial charge in [-0.2, -0.15) is 0 Å². The van der Waals surface area contributed by atoms with E-state index in [1.165, 1.54) is 29.9 Å². The molecule has 0 amide bonds. The Morgan fingerprint density at radius 1 is 1.12 bits per heavy atom. The Balaban J connectivity index is 1.51. The van der Waals surface area contributed by atoms with Crippen LogP contribution in [0, 0.1) is 5.92 Å². The van der Waals surface area contributed by atoms with Gasteiger partial charge in [0.1, 0.15) is 6.54 Å². The standard InChI is InChI=1S/C20H25N3O/c1-21(2)18-8-6-15(7-9-18)11-22-12-16-10-17(14-22)19-4-3-5-20(24)23(19)13-16/h3-9,16-17H,10-14H2,1-2H3/p+1/t16-,17+/m1/s1. The van der Waals surface area contributed by atoms with Gasteiger partial charge in [0.25, 0.3) is 5.56 Å². The first kappa shape index (κ1) is 15.5. The monoisotopic (exact) mass is 324 g/mol. The molecule has 4 rings (SSSR count). The smallest absolute Gasteiger partial charge is 0.250 e. The van der Waals surface area contributed by atoms with Crippen LogP contribution in [0.4, 0.5) is 5.69 Å². The second-order valence-electron chi connectivity index (χ2n) is 7.59. The van der Waals surface area contributed by atoms with Gasteiger partial charge >= 0.3 is 0 Å². The van der Waals surface area contributed by atoms with Crippen molar-refractivity contribution in [2.45, 2.75) is 25.4 Å². The van der Waals surface area contributed by atoms with Crippen LogP contribution in [-0.4, -0.2) is 31.8 Å². The predicted octanol–water partition coefficient (Wildman–Crippen LogP) is 1.12. The number of fused-ring (bicyclic) bond motifs is 4. The second kappa shape index (κ2) is 6.10. The lowest BCUT2D eigenvalue weighted by Gasteiger charge is -2.40. The molecule has 1 N–H and O–H groups in total. The molecule has 3 heterocycles. The first-order valence-corrected chi connectivity index (χ1v) is 8.90. The minimum absolute atomic E-state index is 0.171. The van der Waals surface area contributed by atoms with Crippen LogP contribution >= 0.6 is 0 Å². The van der Waals surface area contributed by atoms with Gasteiger partial charge in [-0.1, -0.05) is 18.2 Å². The maximum absolute atomic E-state index is 12.1. The molecule has 1 saturated heterocycles. The first-order chi connectivity index (χ1) is 11.6. The molecule has 0 spiro atoms. The molecule has 1 aromatic heterocycles. The fourth-order valence-electron chi connectivity index (χ4n) is 4.46. The molecule has 2 aromatic rings. The maximum Gasteiger partial charge on any atom is 0.250 e. The molecule has 3 atom stereocenters. The Labute approximate surface area is 143 Å². The molecular weight excluding hydrogens is 298 g/mol. The summed E-state index contributed by atoms with van der Waals surface area (Å²) in [5.74, 6) is 1.16. The Bertz CT molecular complexity index is 778. The molecule has 1 unspecified atom stereocenters. The number of piperidine rings is 1. The van der Waals surface area contributed by atoms with Crippen LogP contribution < -0.4 is 15.4 Å². The van der Waals surface area contributed by atoms with E-state index in [0.29, 0.717) is 11.8 Å². The lowest BCUT2D eigenvalue weighted by Crippen LogP contribution is -3.13. The van der Waals surface area contributed by atoms with Gasteiger partial charge in [-0.15, -0.1) is 0 Å². The van der Waals surface area contributed by atoms with Crippen LogP contribution in [0.25, 0.3) is 0 Å². The van der Waals surface area contributed by atoms with Gasteiger partial charge in [0.05, 0.1) is 13.1 Å². The number of nitrogens with zero attached hydrogens (tertiary/aromatic N) is 2. The molecule has 126 valence electrons. The molecule has 2 aliphatic rings. The van der Waals surface area contributed by atoms with Crippen molar-refractivity contribution >= 4 is 5.69 Å². The van der Waals surface area contributed by atoms with Gasteiger partial charge in [-0.25, -0.2) is 0 Å². The highest BCUT2D eigenvalue weighted by Crippen LogP contribution is 2.30. The quantitative estimate of drug-likeness (QED) is 0.917. The van der Waals surface area contributed by atoms with E-state index in [1.807, 2.05) is 10.6 Å². The van der Waals surface area contributed by atoms with Gasteiger partial charge in [0, 0.05) is 55.5 Å². The fourth-order valence-corrected chi connectivity index (χ4v) is 4.46. The lowest BCUT2D eigenvalue weighted by molar-refractivity contribution is -0.924. The zero-order valence-electron chi connectivity index (χ0n) is 14.5. The van der Waals surface area contributed by atoms with Gasteiger partial charge in [-0.3, -0.25) is 4.79 Å². The summed E-state index contributed by atoms with van der Waals surface area (Å²) in [4.78, 5) is 15.9. The van der Waals surface area contributed by atoms with Crippen molar-refractivity contribution in [2.24, 2.45) is 5.92 Å². The molecule has 1 fully saturated rings. The molecule has 4 nitrogen and oxygen atoms in total. The Morgan fingerprint density at radius 3 is 2.67 bits per heavy atom. The number of pyridine rings is 1. The molecule has 2 bridgehead atoms. The topological polar surface area (TPSA) is 29.7 Å². The highest BCUT2D eigenvalue weighted by atomic mass is 16.1. The minimum Gasteiger partial charge on any atom is -0.378 e. The van der Waals surface area contributed by atoms with Crippen LogP contribution in [0.2, 0.25) is 0 Å². The zero-order chi connectivity index (χ0) is 16.7. The van der Waals surface area contributed by atoms with E-state index >= 15 is 0 Å². The van der Waals surface area contributed by atoms with Crippen LogP contribution in [0.1, 0.15) is 23.6 Å². The van der Waals surface area contributed by atoms with Crippen molar-refractivity contribution in [3.63, 3.8) is 0 Å². The van der Waals surface area contributed by atoms with Crippen LogP contribution in [0.5, 0.6) is 0 Å². The van der Waals surface area contributed by atoms with E-state index in [2.05, 4.69) is 49.3 Å². The van der Waals surface area contributed by atoms with E-state index < -0.39 is 0 Å². The highest BCUT2D eigenvalue weighted by Gasteiger charge is 2.36. The number of anilines is 1.